The van der Waals surface area contributed by atoms with Crippen LogP contribution < -0.4 is 5.32 Å². The van der Waals surface area contributed by atoms with Crippen LogP contribution in [-0.4, -0.2) is 36.0 Å². The van der Waals surface area contributed by atoms with Gasteiger partial charge < -0.3 is 10.2 Å². The molecule has 0 atom stereocenters. The monoisotopic (exact) mass is 406 g/mol. The number of carbonyl (C=O) groups excluding carboxylic acids is 1. The fourth-order valence-electron chi connectivity index (χ4n) is 2.56. The average molecular weight is 408 g/mol. The van der Waals surface area contributed by atoms with Crippen molar-refractivity contribution in [1.29, 1.82) is 0 Å². The molecule has 1 aliphatic heterocycles. The largest absolute Gasteiger partial charge is 0.349 e. The summed E-state index contributed by atoms with van der Waals surface area (Å²) in [5, 5.41) is 3.16. The van der Waals surface area contributed by atoms with Crippen LogP contribution in [0.15, 0.2) is 14.3 Å². The molecule has 2 aliphatic rings. The molecule has 0 aromatic carbocycles. The van der Waals surface area contributed by atoms with Gasteiger partial charge in [0.05, 0.1) is 8.66 Å². The highest BCUT2D eigenvalue weighted by atomic mass is 79.9. The van der Waals surface area contributed by atoms with Gasteiger partial charge in [0.25, 0.3) is 5.91 Å². The van der Waals surface area contributed by atoms with Crippen molar-refractivity contribution in [1.82, 2.24) is 10.2 Å². The molecule has 104 valence electrons. The molecule has 2 fully saturated rings. The molecule has 1 saturated heterocycles. The number of rotatable bonds is 3. The van der Waals surface area contributed by atoms with Crippen molar-refractivity contribution < 1.29 is 4.79 Å². The van der Waals surface area contributed by atoms with E-state index >= 15 is 0 Å². The van der Waals surface area contributed by atoms with Crippen LogP contribution in [0.1, 0.15) is 35.4 Å². The lowest BCUT2D eigenvalue weighted by molar-refractivity contribution is 0.0913. The summed E-state index contributed by atoms with van der Waals surface area (Å²) in [6.07, 6.45) is 4.90. The van der Waals surface area contributed by atoms with Gasteiger partial charge in [-0.2, -0.15) is 0 Å². The number of likely N-dealkylation sites (tertiary alicyclic amines) is 1. The topological polar surface area (TPSA) is 32.3 Å². The van der Waals surface area contributed by atoms with Gasteiger partial charge in [-0.15, -0.1) is 11.3 Å². The summed E-state index contributed by atoms with van der Waals surface area (Å²) in [7, 11) is 0. The third-order valence-electron chi connectivity index (χ3n) is 3.80. The molecule has 0 bridgehead atoms. The fraction of sp³-hybridized carbons (Fsp3) is 0.615. The van der Waals surface area contributed by atoms with Crippen LogP contribution in [0.25, 0.3) is 0 Å². The molecule has 0 unspecified atom stereocenters. The summed E-state index contributed by atoms with van der Waals surface area (Å²) in [5.74, 6) is 0.0567. The second-order valence-corrected chi connectivity index (χ2v) is 8.47. The first-order valence-electron chi connectivity index (χ1n) is 6.63. The quantitative estimate of drug-likeness (QED) is 0.829. The number of carbonyl (C=O) groups is 1. The molecule has 1 aromatic heterocycles. The summed E-state index contributed by atoms with van der Waals surface area (Å²) in [4.78, 5) is 15.5. The van der Waals surface area contributed by atoms with Gasteiger partial charge in [-0.25, -0.2) is 0 Å². The molecule has 0 radical (unpaired) electrons. The van der Waals surface area contributed by atoms with E-state index in [1.165, 1.54) is 24.2 Å². The summed E-state index contributed by atoms with van der Waals surface area (Å²) < 4.78 is 1.92. The van der Waals surface area contributed by atoms with Crippen LogP contribution in [-0.2, 0) is 0 Å². The van der Waals surface area contributed by atoms with Gasteiger partial charge in [-0.1, -0.05) is 0 Å². The second-order valence-electron chi connectivity index (χ2n) is 5.25. The minimum atomic E-state index is 0.0567. The number of amides is 1. The van der Waals surface area contributed by atoms with Crippen LogP contribution in [0.5, 0.6) is 0 Å². The Morgan fingerprint density at radius 1 is 1.26 bits per heavy atom. The first kappa shape index (κ1) is 14.0. The zero-order valence-corrected chi connectivity index (χ0v) is 14.5. The third kappa shape index (κ3) is 3.40. The van der Waals surface area contributed by atoms with Gasteiger partial charge in [0, 0.05) is 29.6 Å². The Morgan fingerprint density at radius 2 is 1.95 bits per heavy atom. The molecule has 3 nitrogen and oxygen atoms in total. The highest BCUT2D eigenvalue weighted by Gasteiger charge is 2.32. The number of nitrogens with zero attached hydrogens (tertiary/aromatic N) is 1. The summed E-state index contributed by atoms with van der Waals surface area (Å²) in [6, 6.07) is 3.06. The van der Waals surface area contributed by atoms with E-state index in [2.05, 4.69) is 42.1 Å². The van der Waals surface area contributed by atoms with Gasteiger partial charge in [0.15, 0.2) is 0 Å². The van der Waals surface area contributed by atoms with Crippen molar-refractivity contribution in [3.05, 3.63) is 19.2 Å². The van der Waals surface area contributed by atoms with E-state index < -0.39 is 0 Å². The Balaban J connectivity index is 1.52. The zero-order valence-electron chi connectivity index (χ0n) is 10.5. The number of halogens is 2. The average Bonchev–Trinajstić information content (AvgIpc) is 3.18. The van der Waals surface area contributed by atoms with E-state index in [1.54, 1.807) is 0 Å². The number of thiophene rings is 1. The van der Waals surface area contributed by atoms with Gasteiger partial charge in [0.1, 0.15) is 0 Å². The second kappa shape index (κ2) is 5.84. The number of piperidine rings is 1. The van der Waals surface area contributed by atoms with Crippen molar-refractivity contribution in [2.75, 3.05) is 13.1 Å². The van der Waals surface area contributed by atoms with Gasteiger partial charge in [0.2, 0.25) is 0 Å². The predicted molar refractivity (Wildman–Crippen MR) is 84.8 cm³/mol. The molecule has 1 amide bonds. The molecule has 19 heavy (non-hydrogen) atoms. The molecular formula is C13H16Br2N2OS. The van der Waals surface area contributed by atoms with Gasteiger partial charge in [-0.3, -0.25) is 4.79 Å². The Hall–Kier alpha value is 0.0900. The third-order valence-corrected chi connectivity index (χ3v) is 7.05. The lowest BCUT2D eigenvalue weighted by atomic mass is 10.0. The van der Waals surface area contributed by atoms with Crippen molar-refractivity contribution in [2.45, 2.75) is 37.8 Å². The summed E-state index contributed by atoms with van der Waals surface area (Å²) in [6.45, 7) is 2.26. The maximum absolute atomic E-state index is 12.2. The van der Waals surface area contributed by atoms with Crippen molar-refractivity contribution >= 4 is 49.1 Å². The highest BCUT2D eigenvalue weighted by molar-refractivity contribution is 9.13. The Morgan fingerprint density at radius 3 is 2.47 bits per heavy atom. The maximum Gasteiger partial charge on any atom is 0.261 e. The molecule has 1 N–H and O–H groups in total. The minimum absolute atomic E-state index is 0.0567. The van der Waals surface area contributed by atoms with Crippen molar-refractivity contribution in [3.8, 4) is 0 Å². The maximum atomic E-state index is 12.2. The first-order chi connectivity index (χ1) is 9.13. The minimum Gasteiger partial charge on any atom is -0.349 e. The number of nitrogens with one attached hydrogen (secondary N) is 1. The Kier molecular flexibility index (Phi) is 4.31. The number of hydrogen-bond donors (Lipinski definition) is 1. The molecule has 2 heterocycles. The Labute approximate surface area is 134 Å². The molecule has 1 aromatic rings. The van der Waals surface area contributed by atoms with E-state index in [1.807, 2.05) is 6.07 Å². The van der Waals surface area contributed by atoms with E-state index in [0.29, 0.717) is 6.04 Å². The normalized spacial score (nSPS) is 21.6. The van der Waals surface area contributed by atoms with E-state index in [4.69, 9.17) is 0 Å². The van der Waals surface area contributed by atoms with Crippen molar-refractivity contribution in [2.24, 2.45) is 0 Å². The van der Waals surface area contributed by atoms with Crippen LogP contribution in [0, 0.1) is 0 Å². The smallest absolute Gasteiger partial charge is 0.261 e. The van der Waals surface area contributed by atoms with Crippen LogP contribution >= 0.6 is 43.2 Å². The van der Waals surface area contributed by atoms with E-state index in [9.17, 15) is 4.79 Å². The van der Waals surface area contributed by atoms with Gasteiger partial charge in [-0.05, 0) is 63.6 Å². The van der Waals surface area contributed by atoms with Gasteiger partial charge >= 0.3 is 0 Å². The van der Waals surface area contributed by atoms with Crippen molar-refractivity contribution in [3.63, 3.8) is 0 Å². The molecule has 3 rings (SSSR count). The molecule has 0 spiro atoms. The summed E-state index contributed by atoms with van der Waals surface area (Å²) in [5.41, 5.74) is 0. The molecule has 1 saturated carbocycles. The van der Waals surface area contributed by atoms with Crippen LogP contribution in [0.2, 0.25) is 0 Å². The number of hydrogen-bond acceptors (Lipinski definition) is 3. The SMILES string of the molecule is O=C(NC1CCN(C2CC2)CC1)c1cc(Br)c(Br)s1. The molecule has 6 heteroatoms. The highest BCUT2D eigenvalue weighted by Crippen LogP contribution is 2.33. The van der Waals surface area contributed by atoms with Crippen LogP contribution in [0.3, 0.4) is 0 Å². The Bertz CT molecular complexity index is 459. The van der Waals surface area contributed by atoms with E-state index in [-0.39, 0.29) is 5.91 Å². The first-order valence-corrected chi connectivity index (χ1v) is 9.03. The molecule has 1 aliphatic carbocycles. The molecular weight excluding hydrogens is 392 g/mol. The fourth-order valence-corrected chi connectivity index (χ4v) is 4.50. The summed E-state index contributed by atoms with van der Waals surface area (Å²) >= 11 is 8.32. The lowest BCUT2D eigenvalue weighted by Crippen LogP contribution is -2.45. The lowest BCUT2D eigenvalue weighted by Gasteiger charge is -2.32. The van der Waals surface area contributed by atoms with E-state index in [0.717, 1.165) is 45.1 Å². The zero-order chi connectivity index (χ0) is 13.4. The standard InChI is InChI=1S/C13H16Br2N2OS/c14-10-7-11(19-12(10)15)13(18)16-8-3-5-17(6-4-8)9-1-2-9/h7-9H,1-6H2,(H,16,18). The van der Waals surface area contributed by atoms with Crippen LogP contribution in [0.4, 0.5) is 0 Å². The predicted octanol–water partition coefficient (Wildman–Crippen LogP) is 3.63.